The molecule has 1 fully saturated rings. The van der Waals surface area contributed by atoms with Crippen LogP contribution in [0, 0.1) is 16.2 Å². The molecule has 0 spiro atoms. The summed E-state index contributed by atoms with van der Waals surface area (Å²) in [6, 6.07) is 0. The molecule has 3 N–H and O–H groups in total. The van der Waals surface area contributed by atoms with Crippen molar-refractivity contribution < 1.29 is 24.9 Å². The minimum absolute atomic E-state index is 0.161. The van der Waals surface area contributed by atoms with Crippen molar-refractivity contribution in [2.24, 2.45) is 16.2 Å². The van der Waals surface area contributed by atoms with Gasteiger partial charge < -0.3 is 20.1 Å². The number of rotatable bonds is 1. The molecule has 1 saturated carbocycles. The molecule has 0 bridgehead atoms. The summed E-state index contributed by atoms with van der Waals surface area (Å²) in [6.07, 6.45) is 3.60. The van der Waals surface area contributed by atoms with Gasteiger partial charge in [-0.2, -0.15) is 0 Å². The van der Waals surface area contributed by atoms with E-state index in [9.17, 15) is 20.1 Å². The number of ketones is 1. The highest BCUT2D eigenvalue weighted by molar-refractivity contribution is 6.11. The van der Waals surface area contributed by atoms with Gasteiger partial charge in [0.25, 0.3) is 0 Å². The zero-order chi connectivity index (χ0) is 18.4. The number of Topliss-reactive ketones (excluding diaryl/α,β-unsaturated/α-hetero) is 1. The summed E-state index contributed by atoms with van der Waals surface area (Å²) in [6.45, 7) is 9.46. The Hall–Kier alpha value is -1.43. The lowest BCUT2D eigenvalue weighted by atomic mass is 9.46. The van der Waals surface area contributed by atoms with Crippen LogP contribution in [0.15, 0.2) is 35.6 Å². The van der Waals surface area contributed by atoms with E-state index in [0.717, 1.165) is 6.42 Å². The van der Waals surface area contributed by atoms with E-state index in [-0.39, 0.29) is 11.3 Å². The van der Waals surface area contributed by atoms with Crippen molar-refractivity contribution in [3.05, 3.63) is 35.6 Å². The highest BCUT2D eigenvalue weighted by Crippen LogP contribution is 2.67. The van der Waals surface area contributed by atoms with Crippen LogP contribution in [0.3, 0.4) is 0 Å². The maximum absolute atomic E-state index is 13.2. The molecule has 0 aromatic rings. The Morgan fingerprint density at radius 3 is 2.60 bits per heavy atom. The summed E-state index contributed by atoms with van der Waals surface area (Å²) in [5, 5.41) is 33.2. The van der Waals surface area contributed by atoms with Gasteiger partial charge in [0.2, 0.25) is 12.1 Å². The van der Waals surface area contributed by atoms with Crippen LogP contribution in [-0.2, 0) is 9.53 Å². The largest absolute Gasteiger partial charge is 0.460 e. The minimum atomic E-state index is -1.68. The average Bonchev–Trinajstić information content (AvgIpc) is 2.82. The molecule has 5 heteroatoms. The molecule has 3 aliphatic carbocycles. The summed E-state index contributed by atoms with van der Waals surface area (Å²) >= 11 is 0. The molecule has 0 unspecified atom stereocenters. The van der Waals surface area contributed by atoms with Gasteiger partial charge in [-0.25, -0.2) is 0 Å². The van der Waals surface area contributed by atoms with Crippen molar-refractivity contribution in [3.63, 3.8) is 0 Å². The summed E-state index contributed by atoms with van der Waals surface area (Å²) in [4.78, 5) is 13.2. The Kier molecular flexibility index (Phi) is 3.16. The molecule has 6 atom stereocenters. The number of hydrogen-bond donors (Lipinski definition) is 3. The molecule has 0 radical (unpaired) electrons. The van der Waals surface area contributed by atoms with Crippen LogP contribution in [0.25, 0.3) is 0 Å². The van der Waals surface area contributed by atoms with Crippen molar-refractivity contribution in [1.29, 1.82) is 0 Å². The Bertz CT molecular complexity index is 751. The monoisotopic (exact) mass is 346 g/mol. The number of carbonyl (C=O) groups excluding carboxylic acids is 1. The Balaban J connectivity index is 2.03. The Labute approximate surface area is 147 Å². The van der Waals surface area contributed by atoms with E-state index in [4.69, 9.17) is 4.74 Å². The third-order valence-electron chi connectivity index (χ3n) is 7.26. The van der Waals surface area contributed by atoms with Gasteiger partial charge in [-0.05, 0) is 31.8 Å². The zero-order valence-corrected chi connectivity index (χ0v) is 15.0. The summed E-state index contributed by atoms with van der Waals surface area (Å²) < 4.78 is 5.62. The standard InChI is InChI=1S/C20H26O5/c1-5-17(2)9-11-13(22)14-15-18(3,16(23)25-14)7-6-8-19(15,4)20(11,24)12(21)10-17/h5,9,12,16,21,23-24H,1,6-8,10H2,2-4H3/t12-,16-,17+,18-,19-,20+/m0/s1. The molecular formula is C20H26O5. The maximum atomic E-state index is 13.2. The van der Waals surface area contributed by atoms with E-state index in [2.05, 4.69) is 6.58 Å². The van der Waals surface area contributed by atoms with Crippen molar-refractivity contribution in [1.82, 2.24) is 0 Å². The first kappa shape index (κ1) is 17.0. The first-order chi connectivity index (χ1) is 11.5. The van der Waals surface area contributed by atoms with E-state index in [0.29, 0.717) is 24.8 Å². The second-order valence-electron chi connectivity index (χ2n) is 8.86. The fourth-order valence-corrected chi connectivity index (χ4v) is 5.71. The van der Waals surface area contributed by atoms with E-state index in [1.165, 1.54) is 0 Å². The maximum Gasteiger partial charge on any atom is 0.226 e. The van der Waals surface area contributed by atoms with Gasteiger partial charge in [0.15, 0.2) is 5.76 Å². The molecule has 0 amide bonds. The lowest BCUT2D eigenvalue weighted by molar-refractivity contribution is -0.157. The van der Waals surface area contributed by atoms with E-state index < -0.39 is 40.0 Å². The number of allylic oxidation sites excluding steroid dienone is 3. The highest BCUT2D eigenvalue weighted by Gasteiger charge is 2.70. The van der Waals surface area contributed by atoms with Gasteiger partial charge >= 0.3 is 0 Å². The van der Waals surface area contributed by atoms with Gasteiger partial charge in [-0.15, -0.1) is 6.58 Å². The molecule has 0 aromatic carbocycles. The van der Waals surface area contributed by atoms with Crippen LogP contribution < -0.4 is 0 Å². The van der Waals surface area contributed by atoms with E-state index >= 15 is 0 Å². The van der Waals surface area contributed by atoms with Gasteiger partial charge in [0.05, 0.1) is 11.5 Å². The molecule has 0 saturated heterocycles. The molecule has 136 valence electrons. The van der Waals surface area contributed by atoms with Crippen molar-refractivity contribution >= 4 is 5.78 Å². The topological polar surface area (TPSA) is 87.0 Å². The Morgan fingerprint density at radius 2 is 1.96 bits per heavy atom. The number of fused-ring (bicyclic) bond motifs is 2. The summed E-state index contributed by atoms with van der Waals surface area (Å²) in [5.74, 6) is -0.264. The number of hydrogen-bond acceptors (Lipinski definition) is 5. The third kappa shape index (κ3) is 1.72. The normalized spacial score (nSPS) is 51.4. The van der Waals surface area contributed by atoms with Crippen molar-refractivity contribution in [2.45, 2.75) is 64.4 Å². The van der Waals surface area contributed by atoms with Crippen LogP contribution >= 0.6 is 0 Å². The lowest BCUT2D eigenvalue weighted by Gasteiger charge is -2.58. The molecule has 4 aliphatic rings. The number of aliphatic hydroxyl groups excluding tert-OH is 2. The second-order valence-corrected chi connectivity index (χ2v) is 8.86. The van der Waals surface area contributed by atoms with Gasteiger partial charge in [-0.1, -0.05) is 32.4 Å². The molecule has 25 heavy (non-hydrogen) atoms. The number of aliphatic hydroxyl groups is 3. The summed E-state index contributed by atoms with van der Waals surface area (Å²) in [5.41, 5.74) is -2.98. The van der Waals surface area contributed by atoms with Gasteiger partial charge in [0.1, 0.15) is 5.60 Å². The lowest BCUT2D eigenvalue weighted by Crippen LogP contribution is -2.65. The van der Waals surface area contributed by atoms with Crippen LogP contribution in [0.5, 0.6) is 0 Å². The smallest absolute Gasteiger partial charge is 0.226 e. The second kappa shape index (κ2) is 4.64. The summed E-state index contributed by atoms with van der Waals surface area (Å²) in [7, 11) is 0. The van der Waals surface area contributed by atoms with Gasteiger partial charge in [-0.3, -0.25) is 4.79 Å². The van der Waals surface area contributed by atoms with Gasteiger partial charge in [0, 0.05) is 16.4 Å². The fourth-order valence-electron chi connectivity index (χ4n) is 5.71. The molecule has 0 aromatic heterocycles. The van der Waals surface area contributed by atoms with Crippen LogP contribution in [0.4, 0.5) is 0 Å². The fraction of sp³-hybridized carbons (Fsp3) is 0.650. The molecule has 1 heterocycles. The van der Waals surface area contributed by atoms with Crippen LogP contribution in [0.2, 0.25) is 0 Å². The van der Waals surface area contributed by atoms with Crippen molar-refractivity contribution in [2.75, 3.05) is 0 Å². The predicted octanol–water partition coefficient (Wildman–Crippen LogP) is 1.98. The molecule has 4 rings (SSSR count). The van der Waals surface area contributed by atoms with Crippen LogP contribution in [0.1, 0.15) is 46.5 Å². The number of ether oxygens (including phenoxy) is 1. The molecular weight excluding hydrogens is 320 g/mol. The first-order valence-corrected chi connectivity index (χ1v) is 8.95. The predicted molar refractivity (Wildman–Crippen MR) is 91.2 cm³/mol. The van der Waals surface area contributed by atoms with E-state index in [1.54, 1.807) is 12.2 Å². The third-order valence-corrected chi connectivity index (χ3v) is 7.26. The number of carbonyl (C=O) groups is 1. The zero-order valence-electron chi connectivity index (χ0n) is 15.0. The molecule has 5 nitrogen and oxygen atoms in total. The first-order valence-electron chi connectivity index (χ1n) is 8.95. The van der Waals surface area contributed by atoms with Crippen molar-refractivity contribution in [3.8, 4) is 0 Å². The minimum Gasteiger partial charge on any atom is -0.460 e. The quantitative estimate of drug-likeness (QED) is 0.632. The highest BCUT2D eigenvalue weighted by atomic mass is 16.6. The average molecular weight is 346 g/mol. The SMILES string of the molecule is C=C[C@]1(C)C=C2C(=O)C3=C4[C@](C)(CCC[C@]4(C)[C@]2(O)[C@@H](O)C1)[C@@H](O)O3. The Morgan fingerprint density at radius 1 is 1.28 bits per heavy atom. The van der Waals surface area contributed by atoms with E-state index in [1.807, 2.05) is 20.8 Å². The molecule has 1 aliphatic heterocycles. The van der Waals surface area contributed by atoms with Crippen LogP contribution in [-0.4, -0.2) is 39.1 Å².